The molecule has 1 aliphatic rings. The number of hydrogen-bond acceptors (Lipinski definition) is 3. The quantitative estimate of drug-likeness (QED) is 0.771. The summed E-state index contributed by atoms with van der Waals surface area (Å²) in [5.41, 5.74) is 0. The first-order valence-corrected chi connectivity index (χ1v) is 5.60. The number of thiophene rings is 1. The number of rotatable bonds is 2. The average Bonchev–Trinajstić information content (AvgIpc) is 2.67. The maximum Gasteiger partial charge on any atom is 0.253 e. The van der Waals surface area contributed by atoms with Gasteiger partial charge in [-0.2, -0.15) is 0 Å². The summed E-state index contributed by atoms with van der Waals surface area (Å²) in [5, 5.41) is 1.92. The van der Waals surface area contributed by atoms with Crippen LogP contribution in [0.15, 0.2) is 28.1 Å². The number of imide groups is 1. The van der Waals surface area contributed by atoms with Crippen LogP contribution in [0.25, 0.3) is 0 Å². The molecule has 0 fully saturated rings. The molecule has 0 saturated heterocycles. The highest BCUT2D eigenvalue weighted by Crippen LogP contribution is 2.22. The number of amides is 2. The average molecular weight is 272 g/mol. The summed E-state index contributed by atoms with van der Waals surface area (Å²) < 4.78 is 0.976. The van der Waals surface area contributed by atoms with E-state index in [1.54, 1.807) is 0 Å². The van der Waals surface area contributed by atoms with Crippen molar-refractivity contribution in [3.05, 3.63) is 32.9 Å². The fourth-order valence-electron chi connectivity index (χ4n) is 1.18. The Labute approximate surface area is 93.2 Å². The highest BCUT2D eigenvalue weighted by Gasteiger charge is 2.23. The molecule has 0 atom stereocenters. The molecular formula is C9H6BrNO2S. The van der Waals surface area contributed by atoms with Gasteiger partial charge < -0.3 is 0 Å². The van der Waals surface area contributed by atoms with Gasteiger partial charge in [0, 0.05) is 26.9 Å². The molecule has 3 nitrogen and oxygen atoms in total. The second-order valence-electron chi connectivity index (χ2n) is 2.83. The molecule has 72 valence electrons. The predicted octanol–water partition coefficient (Wildman–Crippen LogP) is 1.94. The van der Waals surface area contributed by atoms with E-state index in [9.17, 15) is 9.59 Å². The highest BCUT2D eigenvalue weighted by molar-refractivity contribution is 9.10. The molecule has 1 aromatic heterocycles. The van der Waals surface area contributed by atoms with Crippen LogP contribution in [0.1, 0.15) is 4.88 Å². The van der Waals surface area contributed by atoms with Crippen molar-refractivity contribution in [1.29, 1.82) is 0 Å². The van der Waals surface area contributed by atoms with Gasteiger partial charge in [0.15, 0.2) is 0 Å². The topological polar surface area (TPSA) is 37.4 Å². The molecular weight excluding hydrogens is 266 g/mol. The lowest BCUT2D eigenvalue weighted by Crippen LogP contribution is -2.28. The number of halogens is 1. The standard InChI is InChI=1S/C9H6BrNO2S/c10-6-3-7(14-5-6)4-11-8(12)1-2-9(11)13/h1-3,5H,4H2. The molecule has 1 aromatic rings. The zero-order chi connectivity index (χ0) is 10.1. The second kappa shape index (κ2) is 3.67. The third kappa shape index (κ3) is 1.78. The summed E-state index contributed by atoms with van der Waals surface area (Å²) >= 11 is 4.84. The maximum absolute atomic E-state index is 11.2. The lowest BCUT2D eigenvalue weighted by Gasteiger charge is -2.11. The van der Waals surface area contributed by atoms with Crippen LogP contribution in [-0.4, -0.2) is 16.7 Å². The van der Waals surface area contributed by atoms with Gasteiger partial charge >= 0.3 is 0 Å². The number of carbonyl (C=O) groups excluding carboxylic acids is 2. The minimum atomic E-state index is -0.237. The van der Waals surface area contributed by atoms with Crippen molar-refractivity contribution in [2.45, 2.75) is 6.54 Å². The minimum Gasteiger partial charge on any atom is -0.270 e. The Morgan fingerprint density at radius 3 is 2.43 bits per heavy atom. The first-order chi connectivity index (χ1) is 6.66. The summed E-state index contributed by atoms with van der Waals surface area (Å²) in [5.74, 6) is -0.473. The van der Waals surface area contributed by atoms with Crippen molar-refractivity contribution in [2.75, 3.05) is 0 Å². The first kappa shape index (κ1) is 9.61. The van der Waals surface area contributed by atoms with Crippen LogP contribution in [0.3, 0.4) is 0 Å². The monoisotopic (exact) mass is 271 g/mol. The van der Waals surface area contributed by atoms with E-state index in [1.165, 1.54) is 28.4 Å². The van der Waals surface area contributed by atoms with Crippen molar-refractivity contribution >= 4 is 39.1 Å². The summed E-state index contributed by atoms with van der Waals surface area (Å²) in [7, 11) is 0. The third-order valence-electron chi connectivity index (χ3n) is 1.84. The molecule has 0 aromatic carbocycles. The summed E-state index contributed by atoms with van der Waals surface area (Å²) in [6.45, 7) is 0.362. The Morgan fingerprint density at radius 1 is 1.29 bits per heavy atom. The Kier molecular flexibility index (Phi) is 2.52. The third-order valence-corrected chi connectivity index (χ3v) is 3.52. The molecule has 5 heteroatoms. The van der Waals surface area contributed by atoms with Gasteiger partial charge in [0.25, 0.3) is 11.8 Å². The van der Waals surface area contributed by atoms with E-state index in [0.717, 1.165) is 9.35 Å². The lowest BCUT2D eigenvalue weighted by atomic mass is 10.4. The van der Waals surface area contributed by atoms with Crippen LogP contribution in [-0.2, 0) is 16.1 Å². The predicted molar refractivity (Wildman–Crippen MR) is 56.7 cm³/mol. The fraction of sp³-hybridized carbons (Fsp3) is 0.111. The SMILES string of the molecule is O=C1C=CC(=O)N1Cc1cc(Br)cs1. The Balaban J connectivity index is 2.12. The highest BCUT2D eigenvalue weighted by atomic mass is 79.9. The van der Waals surface area contributed by atoms with E-state index in [1.807, 2.05) is 11.4 Å². The normalized spacial score (nSPS) is 15.6. The molecule has 0 N–H and O–H groups in total. The van der Waals surface area contributed by atoms with E-state index < -0.39 is 0 Å². The van der Waals surface area contributed by atoms with Gasteiger partial charge in [0.05, 0.1) is 6.54 Å². The molecule has 0 aliphatic carbocycles. The van der Waals surface area contributed by atoms with Gasteiger partial charge in [-0.25, -0.2) is 0 Å². The van der Waals surface area contributed by atoms with Crippen molar-refractivity contribution in [2.24, 2.45) is 0 Å². The molecule has 1 aliphatic heterocycles. The molecule has 2 heterocycles. The van der Waals surface area contributed by atoms with E-state index >= 15 is 0 Å². The minimum absolute atomic E-state index is 0.237. The number of nitrogens with zero attached hydrogens (tertiary/aromatic N) is 1. The number of hydrogen-bond donors (Lipinski definition) is 0. The molecule has 0 radical (unpaired) electrons. The van der Waals surface area contributed by atoms with Crippen LogP contribution in [0.5, 0.6) is 0 Å². The summed E-state index contributed by atoms with van der Waals surface area (Å²) in [6, 6.07) is 1.91. The van der Waals surface area contributed by atoms with Gasteiger partial charge in [-0.05, 0) is 22.0 Å². The van der Waals surface area contributed by atoms with Crippen molar-refractivity contribution in [3.63, 3.8) is 0 Å². The van der Waals surface area contributed by atoms with Gasteiger partial charge in [0.1, 0.15) is 0 Å². The zero-order valence-corrected chi connectivity index (χ0v) is 9.47. The van der Waals surface area contributed by atoms with Crippen molar-refractivity contribution in [1.82, 2.24) is 4.90 Å². The largest absolute Gasteiger partial charge is 0.270 e. The van der Waals surface area contributed by atoms with E-state index in [-0.39, 0.29) is 11.8 Å². The Morgan fingerprint density at radius 2 is 1.93 bits per heavy atom. The molecule has 0 unspecified atom stereocenters. The summed E-state index contributed by atoms with van der Waals surface area (Å²) in [6.07, 6.45) is 2.59. The van der Waals surface area contributed by atoms with Gasteiger partial charge in [0.2, 0.25) is 0 Å². The number of carbonyl (C=O) groups is 2. The van der Waals surface area contributed by atoms with Crippen LogP contribution in [0, 0.1) is 0 Å². The van der Waals surface area contributed by atoms with Gasteiger partial charge in [-0.3, -0.25) is 14.5 Å². The molecule has 14 heavy (non-hydrogen) atoms. The van der Waals surface area contributed by atoms with Crippen molar-refractivity contribution < 1.29 is 9.59 Å². The Hall–Kier alpha value is -0.940. The van der Waals surface area contributed by atoms with E-state index in [0.29, 0.717) is 6.54 Å². The lowest BCUT2D eigenvalue weighted by molar-refractivity contribution is -0.137. The van der Waals surface area contributed by atoms with Gasteiger partial charge in [-0.1, -0.05) is 0 Å². The molecule has 0 bridgehead atoms. The van der Waals surface area contributed by atoms with Crippen LogP contribution in [0.4, 0.5) is 0 Å². The molecule has 0 saturated carbocycles. The van der Waals surface area contributed by atoms with E-state index in [4.69, 9.17) is 0 Å². The summed E-state index contributed by atoms with van der Waals surface area (Å²) in [4.78, 5) is 24.6. The molecule has 2 rings (SSSR count). The molecule has 0 spiro atoms. The van der Waals surface area contributed by atoms with Crippen LogP contribution >= 0.6 is 27.3 Å². The van der Waals surface area contributed by atoms with Gasteiger partial charge in [-0.15, -0.1) is 11.3 Å². The van der Waals surface area contributed by atoms with Crippen molar-refractivity contribution in [3.8, 4) is 0 Å². The zero-order valence-electron chi connectivity index (χ0n) is 7.07. The smallest absolute Gasteiger partial charge is 0.253 e. The van der Waals surface area contributed by atoms with E-state index in [2.05, 4.69) is 15.9 Å². The van der Waals surface area contributed by atoms with Crippen LogP contribution < -0.4 is 0 Å². The second-order valence-corrected chi connectivity index (χ2v) is 4.74. The first-order valence-electron chi connectivity index (χ1n) is 3.93. The maximum atomic E-state index is 11.2. The van der Waals surface area contributed by atoms with Crippen LogP contribution in [0.2, 0.25) is 0 Å². The molecule has 2 amide bonds. The fourth-order valence-corrected chi connectivity index (χ4v) is 2.62. The Bertz CT molecular complexity index is 406.